The lowest BCUT2D eigenvalue weighted by atomic mass is 10.1. The Kier molecular flexibility index (Phi) is 3.88. The molecule has 0 saturated heterocycles. The smallest absolute Gasteiger partial charge is 0.435 e. The van der Waals surface area contributed by atoms with Crippen LogP contribution in [0.4, 0.5) is 10.5 Å². The van der Waals surface area contributed by atoms with E-state index >= 15 is 0 Å². The second kappa shape index (κ2) is 5.75. The Hall–Kier alpha value is -2.68. The molecule has 0 saturated carbocycles. The minimum absolute atomic E-state index is 0.124. The summed E-state index contributed by atoms with van der Waals surface area (Å²) in [7, 11) is 0. The van der Waals surface area contributed by atoms with Gasteiger partial charge in [0.15, 0.2) is 5.69 Å². The van der Waals surface area contributed by atoms with Crippen LogP contribution < -0.4 is 5.23 Å². The Morgan fingerprint density at radius 2 is 2.12 bits per heavy atom. The summed E-state index contributed by atoms with van der Waals surface area (Å²) in [5.74, 6) is 0. The molecule has 1 atom stereocenters. The van der Waals surface area contributed by atoms with Gasteiger partial charge in [-0.3, -0.25) is 0 Å². The van der Waals surface area contributed by atoms with E-state index in [9.17, 15) is 15.2 Å². The summed E-state index contributed by atoms with van der Waals surface area (Å²) < 4.78 is 6.53. The van der Waals surface area contributed by atoms with Crippen molar-refractivity contribution in [2.24, 2.45) is 0 Å². The number of hydrogen-bond donors (Lipinski definition) is 3. The number of H-pyrrole nitrogens is 1. The van der Waals surface area contributed by atoms with E-state index in [-0.39, 0.29) is 5.69 Å². The molecule has 1 aromatic carbocycles. The number of benzene rings is 1. The molecule has 8 heteroatoms. The SMILES string of the molecule is CC(C)(C)OC(=O)n1nc(-c2ccc[nH]2)c2cc([NH+]([O-])O)ccc21. The first-order chi connectivity index (χ1) is 11.3. The van der Waals surface area contributed by atoms with Crippen LogP contribution in [-0.4, -0.2) is 31.7 Å². The van der Waals surface area contributed by atoms with Crippen LogP contribution >= 0.6 is 0 Å². The van der Waals surface area contributed by atoms with Gasteiger partial charge < -0.3 is 14.9 Å². The van der Waals surface area contributed by atoms with Crippen molar-refractivity contribution in [3.8, 4) is 11.4 Å². The number of carbonyl (C=O) groups is 1. The van der Waals surface area contributed by atoms with Crippen molar-refractivity contribution in [2.75, 3.05) is 0 Å². The van der Waals surface area contributed by atoms with Crippen molar-refractivity contribution in [2.45, 2.75) is 26.4 Å². The highest BCUT2D eigenvalue weighted by Crippen LogP contribution is 2.29. The van der Waals surface area contributed by atoms with E-state index in [4.69, 9.17) is 4.74 Å². The van der Waals surface area contributed by atoms with Crippen LogP contribution in [0.25, 0.3) is 22.3 Å². The van der Waals surface area contributed by atoms with E-state index < -0.39 is 16.9 Å². The van der Waals surface area contributed by atoms with E-state index in [1.165, 1.54) is 12.1 Å². The predicted molar refractivity (Wildman–Crippen MR) is 86.9 cm³/mol. The minimum atomic E-state index is -1.04. The zero-order chi connectivity index (χ0) is 17.5. The summed E-state index contributed by atoms with van der Waals surface area (Å²) in [5.41, 5.74) is 1.12. The molecule has 0 radical (unpaired) electrons. The van der Waals surface area contributed by atoms with Crippen molar-refractivity contribution in [3.05, 3.63) is 41.7 Å². The summed E-state index contributed by atoms with van der Waals surface area (Å²) in [4.78, 5) is 15.4. The van der Waals surface area contributed by atoms with Gasteiger partial charge in [0.05, 0.1) is 11.2 Å². The summed E-state index contributed by atoms with van der Waals surface area (Å²) in [6.45, 7) is 5.31. The summed E-state index contributed by atoms with van der Waals surface area (Å²) >= 11 is 0. The van der Waals surface area contributed by atoms with Crippen LogP contribution in [0.3, 0.4) is 0 Å². The highest BCUT2D eigenvalue weighted by Gasteiger charge is 2.23. The lowest BCUT2D eigenvalue weighted by Crippen LogP contribution is -2.99. The molecule has 3 aromatic rings. The van der Waals surface area contributed by atoms with Gasteiger partial charge in [-0.05, 0) is 39.0 Å². The van der Waals surface area contributed by atoms with Crippen LogP contribution in [0.2, 0.25) is 0 Å². The number of fused-ring (bicyclic) bond motifs is 1. The van der Waals surface area contributed by atoms with Gasteiger partial charge in [0, 0.05) is 23.7 Å². The average molecular weight is 330 g/mol. The van der Waals surface area contributed by atoms with Gasteiger partial charge in [-0.25, -0.2) is 10.0 Å². The number of aromatic amines is 1. The maximum absolute atomic E-state index is 12.4. The zero-order valence-electron chi connectivity index (χ0n) is 13.5. The number of nitrogens with zero attached hydrogens (tertiary/aromatic N) is 2. The first-order valence-corrected chi connectivity index (χ1v) is 7.39. The van der Waals surface area contributed by atoms with Crippen molar-refractivity contribution >= 4 is 22.7 Å². The number of carbonyl (C=O) groups excluding carboxylic acids is 1. The van der Waals surface area contributed by atoms with Gasteiger partial charge in [-0.1, -0.05) is 0 Å². The molecule has 2 heterocycles. The van der Waals surface area contributed by atoms with E-state index in [0.717, 1.165) is 4.68 Å². The van der Waals surface area contributed by atoms with E-state index in [2.05, 4.69) is 10.1 Å². The highest BCUT2D eigenvalue weighted by molar-refractivity contribution is 5.98. The molecule has 1 unspecified atom stereocenters. The standard InChI is InChI=1S/C16H18N4O4/c1-16(2,3)24-15(21)19-13-7-6-10(20(22)23)9-11(13)14(18-19)12-5-4-8-17-12/h4-9,17,20,22H,1-3H3. The lowest BCUT2D eigenvalue weighted by Gasteiger charge is -2.19. The van der Waals surface area contributed by atoms with Gasteiger partial charge in [-0.2, -0.15) is 15.0 Å². The number of hydrogen-bond acceptors (Lipinski definition) is 5. The lowest BCUT2D eigenvalue weighted by molar-refractivity contribution is -0.991. The molecule has 0 aliphatic heterocycles. The molecule has 126 valence electrons. The fourth-order valence-corrected chi connectivity index (χ4v) is 2.37. The summed E-state index contributed by atoms with van der Waals surface area (Å²) in [5, 5.41) is 24.3. The number of rotatable bonds is 2. The highest BCUT2D eigenvalue weighted by atomic mass is 16.8. The van der Waals surface area contributed by atoms with Crippen molar-refractivity contribution in [1.82, 2.24) is 14.8 Å². The number of nitrogens with one attached hydrogen (secondary N) is 2. The monoisotopic (exact) mass is 330 g/mol. The molecule has 24 heavy (non-hydrogen) atoms. The number of aromatic nitrogens is 3. The number of quaternary nitrogens is 1. The summed E-state index contributed by atoms with van der Waals surface area (Å²) in [6, 6.07) is 8.10. The van der Waals surface area contributed by atoms with Crippen LogP contribution in [-0.2, 0) is 4.74 Å². The molecule has 0 amide bonds. The van der Waals surface area contributed by atoms with Crippen molar-refractivity contribution in [3.63, 3.8) is 0 Å². The molecule has 0 aliphatic rings. The zero-order valence-corrected chi connectivity index (χ0v) is 13.5. The molecular formula is C16H18N4O4. The molecule has 0 fully saturated rings. The third kappa shape index (κ3) is 3.02. The molecule has 2 aromatic heterocycles. The molecule has 3 rings (SSSR count). The first kappa shape index (κ1) is 16.2. The van der Waals surface area contributed by atoms with E-state index in [0.29, 0.717) is 22.3 Å². The fraction of sp³-hybridized carbons (Fsp3) is 0.250. The van der Waals surface area contributed by atoms with Crippen LogP contribution in [0.1, 0.15) is 20.8 Å². The minimum Gasteiger partial charge on any atom is -0.595 e. The second-order valence-electron chi connectivity index (χ2n) is 6.36. The Balaban J connectivity index is 2.19. The summed E-state index contributed by atoms with van der Waals surface area (Å²) in [6.07, 6.45) is 1.11. The third-order valence-corrected chi connectivity index (χ3v) is 3.35. The van der Waals surface area contributed by atoms with E-state index in [1.807, 2.05) is 0 Å². The Morgan fingerprint density at radius 1 is 1.38 bits per heavy atom. The van der Waals surface area contributed by atoms with Crippen molar-refractivity contribution in [1.29, 1.82) is 0 Å². The molecule has 3 N–H and O–H groups in total. The quantitative estimate of drug-likeness (QED) is 0.624. The van der Waals surface area contributed by atoms with E-state index in [1.54, 1.807) is 45.2 Å². The van der Waals surface area contributed by atoms with Crippen LogP contribution in [0, 0.1) is 5.21 Å². The largest absolute Gasteiger partial charge is 0.595 e. The van der Waals surface area contributed by atoms with Gasteiger partial charge >= 0.3 is 6.09 Å². The van der Waals surface area contributed by atoms with Gasteiger partial charge in [0.25, 0.3) is 0 Å². The fourth-order valence-electron chi connectivity index (χ4n) is 2.37. The second-order valence-corrected chi connectivity index (χ2v) is 6.36. The maximum Gasteiger partial charge on any atom is 0.435 e. The molecule has 0 aliphatic carbocycles. The van der Waals surface area contributed by atoms with Gasteiger partial charge in [0.2, 0.25) is 0 Å². The Bertz CT molecular complexity index is 875. The molecule has 8 nitrogen and oxygen atoms in total. The topological polar surface area (TPSA) is 108 Å². The molecular weight excluding hydrogens is 312 g/mol. The van der Waals surface area contributed by atoms with Crippen LogP contribution in [0.5, 0.6) is 0 Å². The first-order valence-electron chi connectivity index (χ1n) is 7.39. The normalized spacial score (nSPS) is 13.2. The van der Waals surface area contributed by atoms with Crippen LogP contribution in [0.15, 0.2) is 36.5 Å². The predicted octanol–water partition coefficient (Wildman–Crippen LogP) is 2.22. The van der Waals surface area contributed by atoms with Gasteiger partial charge in [0.1, 0.15) is 11.3 Å². The molecule has 0 spiro atoms. The Labute approximate surface area is 137 Å². The third-order valence-electron chi connectivity index (χ3n) is 3.35. The number of ether oxygens (including phenoxy) is 1. The molecule has 0 bridgehead atoms. The Morgan fingerprint density at radius 3 is 2.71 bits per heavy atom. The van der Waals surface area contributed by atoms with Gasteiger partial charge in [-0.15, -0.1) is 0 Å². The average Bonchev–Trinajstić information content (AvgIpc) is 3.11. The van der Waals surface area contributed by atoms with Crippen molar-refractivity contribution < 1.29 is 20.0 Å². The maximum atomic E-state index is 12.4.